The maximum atomic E-state index is 13.9. The molecule has 0 unspecified atom stereocenters. The van der Waals surface area contributed by atoms with Crippen molar-refractivity contribution in [1.29, 1.82) is 5.26 Å². The normalized spacial score (nSPS) is 20.4. The first-order chi connectivity index (χ1) is 15.9. The van der Waals surface area contributed by atoms with Crippen molar-refractivity contribution in [1.82, 2.24) is 4.90 Å². The van der Waals surface area contributed by atoms with Crippen LogP contribution < -0.4 is 4.90 Å². The van der Waals surface area contributed by atoms with Gasteiger partial charge in [0.25, 0.3) is 0 Å². The molecule has 2 aromatic rings. The lowest BCUT2D eigenvalue weighted by molar-refractivity contribution is -0.133. The minimum atomic E-state index is -0.810. The lowest BCUT2D eigenvalue weighted by atomic mass is 9.94. The van der Waals surface area contributed by atoms with E-state index in [1.165, 1.54) is 22.5 Å². The molecule has 4 rings (SSSR count). The van der Waals surface area contributed by atoms with Crippen LogP contribution in [0.2, 0.25) is 0 Å². The van der Waals surface area contributed by atoms with Crippen molar-refractivity contribution >= 4 is 29.3 Å². The van der Waals surface area contributed by atoms with Crippen molar-refractivity contribution < 1.29 is 14.3 Å². The van der Waals surface area contributed by atoms with E-state index >= 15 is 0 Å². The maximum Gasteiger partial charge on any atom is 0.414 e. The van der Waals surface area contributed by atoms with Crippen LogP contribution in [0.4, 0.5) is 10.5 Å². The molecule has 0 bridgehead atoms. The number of rotatable bonds is 5. The molecular weight excluding hydrogens is 438 g/mol. The van der Waals surface area contributed by atoms with Crippen LogP contribution in [0.15, 0.2) is 42.5 Å². The number of alkyl halides is 1. The van der Waals surface area contributed by atoms with Gasteiger partial charge in [0.1, 0.15) is 12.1 Å². The zero-order chi connectivity index (χ0) is 23.7. The van der Waals surface area contributed by atoms with E-state index in [2.05, 4.69) is 18.2 Å². The van der Waals surface area contributed by atoms with Crippen LogP contribution in [0.1, 0.15) is 37.8 Å². The summed E-state index contributed by atoms with van der Waals surface area (Å²) in [5.41, 5.74) is 5.05. The Morgan fingerprint density at radius 2 is 1.97 bits per heavy atom. The van der Waals surface area contributed by atoms with E-state index in [0.29, 0.717) is 31.5 Å². The smallest absolute Gasteiger partial charge is 0.414 e. The van der Waals surface area contributed by atoms with Gasteiger partial charge in [-0.2, -0.15) is 5.26 Å². The number of nitrogens with zero attached hydrogens (tertiary/aromatic N) is 3. The lowest BCUT2D eigenvalue weighted by Gasteiger charge is -2.37. The Morgan fingerprint density at radius 1 is 1.24 bits per heavy atom. The molecule has 6 nitrogen and oxygen atoms in total. The van der Waals surface area contributed by atoms with E-state index in [0.717, 1.165) is 16.7 Å². The zero-order valence-corrected chi connectivity index (χ0v) is 19.9. The van der Waals surface area contributed by atoms with E-state index in [-0.39, 0.29) is 17.2 Å². The fourth-order valence-electron chi connectivity index (χ4n) is 4.98. The third kappa shape index (κ3) is 4.06. The number of hydrogen-bond acceptors (Lipinski definition) is 4. The number of carbonyl (C=O) groups excluding carboxylic acids is 2. The van der Waals surface area contributed by atoms with Crippen molar-refractivity contribution in [3.63, 3.8) is 0 Å². The average Bonchev–Trinajstić information content (AvgIpc) is 3.41. The Morgan fingerprint density at radius 3 is 2.67 bits per heavy atom. The first kappa shape index (κ1) is 23.1. The largest absolute Gasteiger partial charge is 0.452 e. The first-order valence-corrected chi connectivity index (χ1v) is 11.8. The van der Waals surface area contributed by atoms with Gasteiger partial charge >= 0.3 is 6.09 Å². The highest BCUT2D eigenvalue weighted by Crippen LogP contribution is 2.42. The number of anilines is 1. The summed E-state index contributed by atoms with van der Waals surface area (Å²) in [7, 11) is 1.33. The van der Waals surface area contributed by atoms with Gasteiger partial charge < -0.3 is 9.64 Å². The molecule has 1 fully saturated rings. The molecule has 1 heterocycles. The highest BCUT2D eigenvalue weighted by molar-refractivity contribution is 6.21. The van der Waals surface area contributed by atoms with E-state index in [1.807, 2.05) is 44.2 Å². The van der Waals surface area contributed by atoms with Gasteiger partial charge in [0.2, 0.25) is 5.91 Å². The Bertz CT molecular complexity index is 1110. The molecule has 0 spiro atoms. The third-order valence-corrected chi connectivity index (χ3v) is 7.17. The molecule has 172 valence electrons. The van der Waals surface area contributed by atoms with E-state index in [4.69, 9.17) is 16.3 Å². The van der Waals surface area contributed by atoms with E-state index in [9.17, 15) is 14.9 Å². The zero-order valence-electron chi connectivity index (χ0n) is 19.1. The van der Waals surface area contributed by atoms with Crippen LogP contribution in [0, 0.1) is 17.2 Å². The summed E-state index contributed by atoms with van der Waals surface area (Å²) in [5, 5.41) is 9.33. The molecule has 33 heavy (non-hydrogen) atoms. The molecule has 0 radical (unpaired) electrons. The monoisotopic (exact) mass is 465 g/mol. The Hall–Kier alpha value is -3.04. The molecule has 0 N–H and O–H groups in total. The summed E-state index contributed by atoms with van der Waals surface area (Å²) >= 11 is 6.31. The number of amides is 2. The Labute approximate surface area is 199 Å². The van der Waals surface area contributed by atoms with Gasteiger partial charge in [-0.05, 0) is 40.7 Å². The third-order valence-electron chi connectivity index (χ3n) is 6.85. The molecule has 1 aliphatic carbocycles. The number of carbonyl (C=O) groups is 2. The summed E-state index contributed by atoms with van der Waals surface area (Å²) in [5.74, 6) is -0.428. The predicted octanol–water partition coefficient (Wildman–Crippen LogP) is 4.98. The fourth-order valence-corrected chi connectivity index (χ4v) is 5.30. The van der Waals surface area contributed by atoms with E-state index in [1.54, 1.807) is 0 Å². The molecule has 2 amide bonds. The number of benzene rings is 2. The molecule has 0 aromatic heterocycles. The van der Waals surface area contributed by atoms with Crippen molar-refractivity contribution in [3.8, 4) is 17.2 Å². The maximum absolute atomic E-state index is 13.9. The summed E-state index contributed by atoms with van der Waals surface area (Å²) < 4.78 is 5.19. The SMILES string of the molecule is CC[C@H](C)[C@@H](C(=O)N1C[C@@H](Cl)C[C@H]1C#N)N(C(=O)OC)c1cccc2c1Cc1ccccc1-2. The van der Waals surface area contributed by atoms with Crippen LogP contribution in [0.25, 0.3) is 11.1 Å². The predicted molar refractivity (Wildman–Crippen MR) is 128 cm³/mol. The number of nitriles is 1. The van der Waals surface area contributed by atoms with Crippen LogP contribution in [0.3, 0.4) is 0 Å². The lowest BCUT2D eigenvalue weighted by Crippen LogP contribution is -2.55. The van der Waals surface area contributed by atoms with Crippen LogP contribution in [0.5, 0.6) is 0 Å². The van der Waals surface area contributed by atoms with Crippen LogP contribution in [-0.4, -0.2) is 48.0 Å². The van der Waals surface area contributed by atoms with Gasteiger partial charge in [-0.3, -0.25) is 9.69 Å². The second-order valence-electron chi connectivity index (χ2n) is 8.78. The summed E-state index contributed by atoms with van der Waals surface area (Å²) in [4.78, 5) is 30.1. The van der Waals surface area contributed by atoms with E-state index < -0.39 is 18.2 Å². The van der Waals surface area contributed by atoms with Crippen molar-refractivity contribution in [3.05, 3.63) is 53.6 Å². The Kier molecular flexibility index (Phi) is 6.62. The second-order valence-corrected chi connectivity index (χ2v) is 9.39. The first-order valence-electron chi connectivity index (χ1n) is 11.3. The van der Waals surface area contributed by atoms with Crippen molar-refractivity contribution in [2.24, 2.45) is 5.92 Å². The minimum absolute atomic E-state index is 0.162. The van der Waals surface area contributed by atoms with Gasteiger partial charge in [0.05, 0.1) is 24.2 Å². The van der Waals surface area contributed by atoms with Gasteiger partial charge in [0.15, 0.2) is 0 Å². The summed E-state index contributed by atoms with van der Waals surface area (Å²) in [6.45, 7) is 4.23. The number of halogens is 1. The van der Waals surface area contributed by atoms with Gasteiger partial charge in [-0.25, -0.2) is 4.79 Å². The minimum Gasteiger partial charge on any atom is -0.452 e. The van der Waals surface area contributed by atoms with Crippen LogP contribution in [-0.2, 0) is 16.0 Å². The second kappa shape index (κ2) is 9.44. The Balaban J connectivity index is 1.82. The average molecular weight is 466 g/mol. The standard InChI is InChI=1S/C26H28ClN3O3/c1-4-16(2)24(25(31)29-15-18(27)13-19(29)14-28)30(26(32)33-3)23-11-7-10-21-20-9-6-5-8-17(20)12-22(21)23/h5-11,16,18-19,24H,4,12-13,15H2,1-3H3/t16-,18-,19-,24-/m0/s1. The highest BCUT2D eigenvalue weighted by atomic mass is 35.5. The number of fused-ring (bicyclic) bond motifs is 3. The molecule has 0 saturated carbocycles. The van der Waals surface area contributed by atoms with Crippen LogP contribution >= 0.6 is 11.6 Å². The quantitative estimate of drug-likeness (QED) is 0.498. The number of hydrogen-bond donors (Lipinski definition) is 0. The summed E-state index contributed by atoms with van der Waals surface area (Å²) in [6.07, 6.45) is 1.18. The topological polar surface area (TPSA) is 73.6 Å². The molecule has 2 aromatic carbocycles. The highest BCUT2D eigenvalue weighted by Gasteiger charge is 2.44. The number of methoxy groups -OCH3 is 1. The number of ether oxygens (including phenoxy) is 1. The number of likely N-dealkylation sites (tertiary alicyclic amines) is 1. The summed E-state index contributed by atoms with van der Waals surface area (Å²) in [6, 6.07) is 14.8. The van der Waals surface area contributed by atoms with Gasteiger partial charge in [0, 0.05) is 13.0 Å². The molecular formula is C26H28ClN3O3. The van der Waals surface area contributed by atoms with Gasteiger partial charge in [-0.15, -0.1) is 11.6 Å². The molecule has 1 aliphatic heterocycles. The van der Waals surface area contributed by atoms with Crippen molar-refractivity contribution in [2.45, 2.75) is 50.6 Å². The van der Waals surface area contributed by atoms with Crippen molar-refractivity contribution in [2.75, 3.05) is 18.6 Å². The fraction of sp³-hybridized carbons (Fsp3) is 0.423. The molecule has 1 saturated heterocycles. The molecule has 2 aliphatic rings. The van der Waals surface area contributed by atoms with Gasteiger partial charge in [-0.1, -0.05) is 56.7 Å². The molecule has 7 heteroatoms. The molecule has 4 atom stereocenters.